The molecule has 4 heteroatoms. The minimum atomic E-state index is 0.0170. The summed E-state index contributed by atoms with van der Waals surface area (Å²) >= 11 is 5.27. The van der Waals surface area contributed by atoms with Gasteiger partial charge < -0.3 is 5.11 Å². The average molecular weight is 147 g/mol. The molecule has 0 atom stereocenters. The first-order chi connectivity index (χ1) is 4.16. The van der Waals surface area contributed by atoms with Crippen molar-refractivity contribution in [2.24, 2.45) is 9.98 Å². The molecule has 0 aliphatic heterocycles. The molecule has 0 amide bonds. The lowest BCUT2D eigenvalue weighted by Gasteiger charge is -1.83. The minimum absolute atomic E-state index is 0.0170. The lowest BCUT2D eigenvalue weighted by Crippen LogP contribution is -1.76. The van der Waals surface area contributed by atoms with Crippen LogP contribution in [0.3, 0.4) is 0 Å². The van der Waals surface area contributed by atoms with E-state index >= 15 is 0 Å². The summed E-state index contributed by atoms with van der Waals surface area (Å²) < 4.78 is 0. The lowest BCUT2D eigenvalue weighted by molar-refractivity contribution is 0.412. The number of aliphatic imine (C=N–C) groups is 2. The van der Waals surface area contributed by atoms with Gasteiger partial charge in [0.05, 0.1) is 6.20 Å². The van der Waals surface area contributed by atoms with Crippen molar-refractivity contribution >= 4 is 23.6 Å². The third-order valence-corrected chi connectivity index (χ3v) is 0.705. The molecule has 0 heterocycles. The van der Waals surface area contributed by atoms with Gasteiger partial charge in [0.1, 0.15) is 5.76 Å². The Bertz CT molecular complexity index is 158. The molecule has 0 unspecified atom stereocenters. The van der Waals surface area contributed by atoms with Crippen molar-refractivity contribution in [2.45, 2.75) is 6.92 Å². The quantitative estimate of drug-likeness (QED) is 0.260. The number of hydrogen-bond acceptors (Lipinski definition) is 2. The molecular formula is C5H7ClN2O. The fraction of sp³-hybridized carbons (Fsp3) is 0.200. The van der Waals surface area contributed by atoms with E-state index < -0.39 is 0 Å². The number of amidine groups is 1. The van der Waals surface area contributed by atoms with Crippen LogP contribution in [-0.4, -0.2) is 17.1 Å². The predicted octanol–water partition coefficient (Wildman–Crippen LogP) is 1.70. The maximum atomic E-state index is 8.53. The first-order valence-electron chi connectivity index (χ1n) is 2.22. The Kier molecular flexibility index (Phi) is 3.71. The minimum Gasteiger partial charge on any atom is -0.511 e. The lowest BCUT2D eigenvalue weighted by atomic mass is 10.6. The summed E-state index contributed by atoms with van der Waals surface area (Å²) in [6.07, 6.45) is 1.19. The Labute approximate surface area is 58.4 Å². The van der Waals surface area contributed by atoms with Crippen LogP contribution in [0, 0.1) is 0 Å². The van der Waals surface area contributed by atoms with E-state index in [4.69, 9.17) is 16.7 Å². The maximum Gasteiger partial charge on any atom is 0.221 e. The van der Waals surface area contributed by atoms with Gasteiger partial charge in [-0.15, -0.1) is 0 Å². The van der Waals surface area contributed by atoms with Crippen LogP contribution in [0.1, 0.15) is 6.92 Å². The number of nitrogens with zero attached hydrogens (tertiary/aromatic N) is 2. The number of halogens is 1. The van der Waals surface area contributed by atoms with E-state index in [1.54, 1.807) is 0 Å². The summed E-state index contributed by atoms with van der Waals surface area (Å²) in [7, 11) is 0. The van der Waals surface area contributed by atoms with E-state index in [0.29, 0.717) is 0 Å². The Balaban J connectivity index is 3.98. The molecule has 0 radical (unpaired) electrons. The second-order valence-electron chi connectivity index (χ2n) is 1.33. The third-order valence-electron chi connectivity index (χ3n) is 0.488. The number of aliphatic hydroxyl groups excluding tert-OH is 1. The van der Waals surface area contributed by atoms with Crippen molar-refractivity contribution in [3.63, 3.8) is 0 Å². The monoisotopic (exact) mass is 146 g/mol. The molecule has 0 aromatic heterocycles. The molecule has 0 aromatic rings. The SMILES string of the molecule is C=N/C(Cl)=N\C=C(/C)O. The molecule has 0 bridgehead atoms. The highest BCUT2D eigenvalue weighted by Crippen LogP contribution is 1.90. The van der Waals surface area contributed by atoms with Gasteiger partial charge in [-0.3, -0.25) is 0 Å². The molecule has 0 saturated heterocycles. The molecule has 1 N–H and O–H groups in total. The smallest absolute Gasteiger partial charge is 0.221 e. The molecular weight excluding hydrogens is 140 g/mol. The van der Waals surface area contributed by atoms with Crippen LogP contribution in [0.15, 0.2) is 21.9 Å². The summed E-state index contributed by atoms with van der Waals surface area (Å²) in [5, 5.41) is 8.55. The summed E-state index contributed by atoms with van der Waals surface area (Å²) in [6.45, 7) is 4.60. The molecule has 9 heavy (non-hydrogen) atoms. The van der Waals surface area contributed by atoms with Gasteiger partial charge >= 0.3 is 0 Å². The number of aliphatic hydroxyl groups is 1. The Hall–Kier alpha value is -0.830. The van der Waals surface area contributed by atoms with Gasteiger partial charge in [0.25, 0.3) is 0 Å². The predicted molar refractivity (Wildman–Crippen MR) is 39.2 cm³/mol. The van der Waals surface area contributed by atoms with Gasteiger partial charge in [-0.2, -0.15) is 0 Å². The highest BCUT2D eigenvalue weighted by Gasteiger charge is 1.81. The topological polar surface area (TPSA) is 45.0 Å². The highest BCUT2D eigenvalue weighted by atomic mass is 35.5. The molecule has 0 aromatic carbocycles. The summed E-state index contributed by atoms with van der Waals surface area (Å²) in [6, 6.07) is 0. The summed E-state index contributed by atoms with van der Waals surface area (Å²) in [4.78, 5) is 6.75. The van der Waals surface area contributed by atoms with E-state index in [1.165, 1.54) is 13.1 Å². The molecule has 0 fully saturated rings. The fourth-order valence-electron chi connectivity index (χ4n) is 0.188. The van der Waals surface area contributed by atoms with Crippen molar-refractivity contribution in [3.8, 4) is 0 Å². The number of hydrogen-bond donors (Lipinski definition) is 1. The van der Waals surface area contributed by atoms with Crippen LogP contribution >= 0.6 is 11.6 Å². The molecule has 0 rings (SSSR count). The molecule has 0 aliphatic rings. The van der Waals surface area contributed by atoms with Crippen LogP contribution in [0.25, 0.3) is 0 Å². The van der Waals surface area contributed by atoms with Crippen molar-refractivity contribution in [2.75, 3.05) is 0 Å². The van der Waals surface area contributed by atoms with Crippen LogP contribution in [0.4, 0.5) is 0 Å². The van der Waals surface area contributed by atoms with Crippen molar-refractivity contribution < 1.29 is 5.11 Å². The van der Waals surface area contributed by atoms with Gasteiger partial charge in [-0.05, 0) is 25.2 Å². The summed E-state index contributed by atoms with van der Waals surface area (Å²) in [5.74, 6) is 0.0804. The van der Waals surface area contributed by atoms with Crippen molar-refractivity contribution in [3.05, 3.63) is 12.0 Å². The van der Waals surface area contributed by atoms with E-state index in [1.807, 2.05) is 0 Å². The van der Waals surface area contributed by atoms with Gasteiger partial charge in [0.2, 0.25) is 5.29 Å². The highest BCUT2D eigenvalue weighted by molar-refractivity contribution is 6.65. The Morgan fingerprint density at radius 3 is 2.67 bits per heavy atom. The zero-order chi connectivity index (χ0) is 7.28. The third kappa shape index (κ3) is 5.03. The normalized spacial score (nSPS) is 13.6. The zero-order valence-corrected chi connectivity index (χ0v) is 5.76. The van der Waals surface area contributed by atoms with Gasteiger partial charge in [0.15, 0.2) is 0 Å². The van der Waals surface area contributed by atoms with Crippen molar-refractivity contribution in [1.29, 1.82) is 0 Å². The average Bonchev–Trinajstić information content (AvgIpc) is 1.83. The van der Waals surface area contributed by atoms with Crippen LogP contribution in [0.2, 0.25) is 0 Å². The second-order valence-corrected chi connectivity index (χ2v) is 1.66. The second kappa shape index (κ2) is 4.09. The number of allylic oxidation sites excluding steroid dienone is 1. The van der Waals surface area contributed by atoms with E-state index in [0.717, 1.165) is 0 Å². The standard InChI is InChI=1S/C5H7ClN2O/c1-4(9)3-8-5(6)7-2/h3,9H,2H2,1H3/b4-3+,8-5-. The number of rotatable bonds is 1. The Morgan fingerprint density at radius 1 is 1.78 bits per heavy atom. The van der Waals surface area contributed by atoms with Gasteiger partial charge in [0, 0.05) is 0 Å². The van der Waals surface area contributed by atoms with Crippen LogP contribution < -0.4 is 0 Å². The molecule has 0 saturated carbocycles. The first-order valence-corrected chi connectivity index (χ1v) is 2.60. The van der Waals surface area contributed by atoms with E-state index in [2.05, 4.69) is 16.7 Å². The Morgan fingerprint density at radius 2 is 2.33 bits per heavy atom. The first kappa shape index (κ1) is 8.17. The zero-order valence-electron chi connectivity index (χ0n) is 5.00. The van der Waals surface area contributed by atoms with E-state index in [-0.39, 0.29) is 11.1 Å². The molecule has 0 aliphatic carbocycles. The van der Waals surface area contributed by atoms with E-state index in [9.17, 15) is 0 Å². The van der Waals surface area contributed by atoms with Gasteiger partial charge in [-0.1, -0.05) is 0 Å². The molecule has 3 nitrogen and oxygen atoms in total. The van der Waals surface area contributed by atoms with Crippen molar-refractivity contribution in [1.82, 2.24) is 0 Å². The van der Waals surface area contributed by atoms with Crippen LogP contribution in [-0.2, 0) is 0 Å². The largest absolute Gasteiger partial charge is 0.511 e. The van der Waals surface area contributed by atoms with Crippen LogP contribution in [0.5, 0.6) is 0 Å². The maximum absolute atomic E-state index is 8.53. The molecule has 50 valence electrons. The van der Waals surface area contributed by atoms with Gasteiger partial charge in [-0.25, -0.2) is 9.98 Å². The molecule has 0 spiro atoms. The fourth-order valence-corrected chi connectivity index (χ4v) is 0.236. The summed E-state index contributed by atoms with van der Waals surface area (Å²) in [5.41, 5.74) is 0.